The van der Waals surface area contributed by atoms with Gasteiger partial charge in [0, 0.05) is 0 Å². The predicted molar refractivity (Wildman–Crippen MR) is 196 cm³/mol. The molecule has 10 fully saturated rings. The van der Waals surface area contributed by atoms with Crippen LogP contribution in [0.2, 0.25) is 42.8 Å². The molecule has 234 valence electrons. The summed E-state index contributed by atoms with van der Waals surface area (Å²) in [6, 6.07) is 57.6. The van der Waals surface area contributed by atoms with Gasteiger partial charge in [-0.1, -0.05) is 0 Å². The Bertz CT molecular complexity index is 2520. The Hall–Kier alpha value is -2.56. The zero-order chi connectivity index (χ0) is 30.7. The van der Waals surface area contributed by atoms with E-state index in [0.717, 1.165) is 4.82 Å². The quantitative estimate of drug-likeness (QED) is 0.111. The molecule has 0 N–H and O–H groups in total. The Balaban J connectivity index is 1.03. The van der Waals surface area contributed by atoms with Crippen LogP contribution in [0.15, 0.2) is 146 Å². The number of nitrogens with zero attached hydrogens (tertiary/aromatic N) is 1. The molecule has 5 aromatic carbocycles. The molecule has 0 amide bonds. The van der Waals surface area contributed by atoms with Crippen LogP contribution in [0.25, 0.3) is 0 Å². The first-order chi connectivity index (χ1) is 22.9. The minimum atomic E-state index is -4.02. The summed E-state index contributed by atoms with van der Waals surface area (Å²) in [5.74, 6) is 0. The SMILES string of the molecule is CN(C)C(c1ccccc1P(c1ccccc1)c1ccccc1)[C]12[CH]3[CH]4[CH]5[C]1(P(c1ccccc1)c1ccccc1)[Fe]43521678[CH]2[CH]1[CH]6[CH]7[CH]28. The van der Waals surface area contributed by atoms with Gasteiger partial charge in [0.2, 0.25) is 0 Å². The van der Waals surface area contributed by atoms with Gasteiger partial charge < -0.3 is 0 Å². The van der Waals surface area contributed by atoms with Gasteiger partial charge in [-0.3, -0.25) is 0 Å². The van der Waals surface area contributed by atoms with Gasteiger partial charge in [-0.15, -0.1) is 0 Å². The molecule has 10 aliphatic heterocycles. The first-order valence-corrected chi connectivity index (χ1v) is 26.6. The maximum absolute atomic E-state index is 4.02. The van der Waals surface area contributed by atoms with Crippen molar-refractivity contribution in [2.45, 2.75) is 52.9 Å². The van der Waals surface area contributed by atoms with Crippen LogP contribution in [0.5, 0.6) is 0 Å². The van der Waals surface area contributed by atoms with Crippen molar-refractivity contribution in [1.29, 1.82) is 0 Å². The molecule has 10 heterocycles. The van der Waals surface area contributed by atoms with E-state index < -0.39 is 22.4 Å². The third-order valence-electron chi connectivity index (χ3n) is 21.7. The van der Waals surface area contributed by atoms with Gasteiger partial charge in [0.15, 0.2) is 0 Å². The Morgan fingerprint density at radius 1 is 0.511 bits per heavy atom. The molecule has 0 aliphatic carbocycles. The van der Waals surface area contributed by atoms with E-state index in [0.29, 0.717) is 14.4 Å². The second kappa shape index (κ2) is 4.46. The molecular formula is C43H39FeNP2. The molecule has 6 atom stereocenters. The van der Waals surface area contributed by atoms with E-state index in [9.17, 15) is 0 Å². The topological polar surface area (TPSA) is 3.24 Å². The fourth-order valence-corrected chi connectivity index (χ4v) is 117. The Morgan fingerprint density at radius 3 is 1.36 bits per heavy atom. The van der Waals surface area contributed by atoms with Gasteiger partial charge in [-0.05, 0) is 0 Å². The van der Waals surface area contributed by atoms with E-state index in [1.165, 1.54) is 44.3 Å². The first-order valence-electron chi connectivity index (χ1n) is 17.7. The van der Waals surface area contributed by atoms with E-state index in [-0.39, 0.29) is 0 Å². The summed E-state index contributed by atoms with van der Waals surface area (Å²) in [6.07, 6.45) is 0. The van der Waals surface area contributed by atoms with Crippen molar-refractivity contribution in [2.24, 2.45) is 0 Å². The van der Waals surface area contributed by atoms with Crippen molar-refractivity contribution in [3.05, 3.63) is 151 Å². The predicted octanol–water partition coefficient (Wildman–Crippen LogP) is 8.85. The van der Waals surface area contributed by atoms with Crippen LogP contribution < -0.4 is 26.5 Å². The van der Waals surface area contributed by atoms with E-state index in [4.69, 9.17) is 0 Å². The molecule has 0 saturated carbocycles. The molecule has 4 heteroatoms. The van der Waals surface area contributed by atoms with Crippen molar-refractivity contribution in [1.82, 2.24) is 4.90 Å². The molecule has 10 saturated heterocycles. The van der Waals surface area contributed by atoms with Crippen molar-refractivity contribution < 1.29 is 6.51 Å². The average Bonchev–Trinajstić information content (AvgIpc) is 4.07. The van der Waals surface area contributed by atoms with Crippen molar-refractivity contribution in [3.63, 3.8) is 0 Å². The van der Waals surface area contributed by atoms with Crippen LogP contribution >= 0.6 is 15.8 Å². The van der Waals surface area contributed by atoms with Crippen LogP contribution in [0, 0.1) is 0 Å². The summed E-state index contributed by atoms with van der Waals surface area (Å²) in [5.41, 5.74) is 1.69. The van der Waals surface area contributed by atoms with Crippen molar-refractivity contribution in [3.8, 4) is 0 Å². The van der Waals surface area contributed by atoms with Gasteiger partial charge in [-0.2, -0.15) is 0 Å². The number of hydrogen-bond acceptors (Lipinski definition) is 1. The summed E-state index contributed by atoms with van der Waals surface area (Å²) in [5, 5.41) is 7.97. The second-order valence-electron chi connectivity index (χ2n) is 18.7. The fraction of sp³-hybridized carbons (Fsp3) is 0.302. The first kappa shape index (κ1) is 24.6. The molecule has 5 aromatic rings. The number of fused-ring (bicyclic) bond motifs is 10. The van der Waals surface area contributed by atoms with Crippen LogP contribution in [0.1, 0.15) is 11.6 Å². The molecule has 0 aromatic heterocycles. The molecule has 15 rings (SSSR count). The number of benzene rings is 5. The molecule has 0 bridgehead atoms. The summed E-state index contributed by atoms with van der Waals surface area (Å²) < 4.78 is 1.24. The third kappa shape index (κ3) is 0.789. The standard InChI is InChI=1S/C38H34NP2.C5H5.Fe/c1-39(2)38(35-27-17-29-37(35)41(32-22-11-5-12-23-32)33-24-13-6-14-25-33)34-26-15-16-28-36(34)40(30-18-7-3-8-19-30)31-20-9-4-10-21-31;1-2-4-5-3-1;/h3-29,38H,1-2H3;1-5H;. The van der Waals surface area contributed by atoms with E-state index in [2.05, 4.69) is 165 Å². The van der Waals surface area contributed by atoms with E-state index >= 15 is 0 Å². The molecule has 47 heavy (non-hydrogen) atoms. The van der Waals surface area contributed by atoms with Gasteiger partial charge in [0.1, 0.15) is 0 Å². The number of hydrogen-bond donors (Lipinski definition) is 0. The average molecular weight is 688 g/mol. The van der Waals surface area contributed by atoms with Gasteiger partial charge in [0.25, 0.3) is 0 Å². The molecule has 6 unspecified atom stereocenters. The van der Waals surface area contributed by atoms with Gasteiger partial charge in [0.05, 0.1) is 0 Å². The fourth-order valence-electron chi connectivity index (χ4n) is 23.1. The molecular weight excluding hydrogens is 648 g/mol. The zero-order valence-corrected chi connectivity index (χ0v) is 29.6. The molecule has 1 spiro atoms. The van der Waals surface area contributed by atoms with Crippen LogP contribution in [-0.2, 0) is 6.51 Å². The maximum atomic E-state index is 2.80. The van der Waals surface area contributed by atoms with Crippen LogP contribution in [0.3, 0.4) is 0 Å². The third-order valence-corrected chi connectivity index (χ3v) is 74.2. The Morgan fingerprint density at radius 2 is 0.936 bits per heavy atom. The number of rotatable bonds is 9. The summed E-state index contributed by atoms with van der Waals surface area (Å²) in [7, 11) is 3.91. The van der Waals surface area contributed by atoms with E-state index in [1.54, 1.807) is 21.5 Å². The van der Waals surface area contributed by atoms with Crippen LogP contribution in [-0.4, -0.2) is 23.0 Å². The Kier molecular flexibility index (Phi) is 2.33. The summed E-state index contributed by atoms with van der Waals surface area (Å²) >= 11 is 0. The monoisotopic (exact) mass is 687 g/mol. The molecule has 0 radical (unpaired) electrons. The zero-order valence-electron chi connectivity index (χ0n) is 26.7. The van der Waals surface area contributed by atoms with Gasteiger partial charge >= 0.3 is 272 Å². The van der Waals surface area contributed by atoms with Crippen molar-refractivity contribution in [2.75, 3.05) is 14.1 Å². The summed E-state index contributed by atoms with van der Waals surface area (Å²) in [6.45, 7) is -4.02. The summed E-state index contributed by atoms with van der Waals surface area (Å²) in [4.78, 5) is 12.5. The normalized spacial score (nSPS) is 53.0. The molecule has 10 aliphatic rings. The van der Waals surface area contributed by atoms with E-state index in [1.807, 2.05) is 0 Å². The Labute approximate surface area is 270 Å². The second-order valence-corrected chi connectivity index (χ2v) is 47.0. The van der Waals surface area contributed by atoms with Crippen LogP contribution in [0.4, 0.5) is 0 Å². The van der Waals surface area contributed by atoms with Gasteiger partial charge in [-0.25, -0.2) is 0 Å². The molecule has 1 nitrogen and oxygen atoms in total. The minimum absolute atomic E-state index is 0.398. The van der Waals surface area contributed by atoms with Crippen molar-refractivity contribution >= 4 is 42.4 Å².